The number of hydrogen-bond donors (Lipinski definition) is 3. The van der Waals surface area contributed by atoms with Gasteiger partial charge < -0.3 is 20.7 Å². The lowest BCUT2D eigenvalue weighted by Gasteiger charge is -2.70. The Hall–Kier alpha value is -2.67. The smallest absolute Gasteiger partial charge is 0.226 e. The van der Waals surface area contributed by atoms with E-state index in [4.69, 9.17) is 17.0 Å². The standard InChI is InChI=1S/C41H59N3O3S/c1-26-24-38(6)31(37(4,5)33(26)45)16-17-40(8)32(38)15-14-29-30-25-36(2,3)18-20-41(30,21-19-39(29,40)7)34(46)42-22-23-43-35(48)44-27-10-12-28(47-9)13-11-27/h10-14,30-32H,1,15-25H2,2-9H3,(H,42,46)(H2,43,44,48). The molecule has 6 nitrogen and oxygen atoms in total. The van der Waals surface area contributed by atoms with Gasteiger partial charge in [0.05, 0.1) is 12.5 Å². The SMILES string of the molecule is C=C1CC2(C)C(CCC3(C)C2CC=C2C4CC(C)(C)CCC4(C(=O)NCCNC(=S)Nc4ccc(OC)cc4)CCC23C)C(C)(C)C1=O. The van der Waals surface area contributed by atoms with Crippen LogP contribution in [0.2, 0.25) is 0 Å². The average molecular weight is 674 g/mol. The number of benzene rings is 1. The Morgan fingerprint density at radius 3 is 2.29 bits per heavy atom. The topological polar surface area (TPSA) is 79.5 Å². The summed E-state index contributed by atoms with van der Waals surface area (Å²) in [5, 5.41) is 10.4. The predicted molar refractivity (Wildman–Crippen MR) is 199 cm³/mol. The fourth-order valence-corrected chi connectivity index (χ4v) is 12.2. The molecule has 0 aliphatic heterocycles. The number of amides is 1. The zero-order valence-electron chi connectivity index (χ0n) is 30.7. The van der Waals surface area contributed by atoms with Gasteiger partial charge in [-0.25, -0.2) is 0 Å². The summed E-state index contributed by atoms with van der Waals surface area (Å²) in [5.74, 6) is 2.39. The van der Waals surface area contributed by atoms with Crippen molar-refractivity contribution in [1.29, 1.82) is 0 Å². The third-order valence-corrected chi connectivity index (χ3v) is 15.0. The highest BCUT2D eigenvalue weighted by molar-refractivity contribution is 7.80. The van der Waals surface area contributed by atoms with Crippen LogP contribution in [0.1, 0.15) is 106 Å². The summed E-state index contributed by atoms with van der Waals surface area (Å²) < 4.78 is 5.24. The quantitative estimate of drug-likeness (QED) is 0.121. The van der Waals surface area contributed by atoms with Gasteiger partial charge in [-0.15, -0.1) is 0 Å². The van der Waals surface area contributed by atoms with Crippen molar-refractivity contribution < 1.29 is 14.3 Å². The molecular formula is C41H59N3O3S. The van der Waals surface area contributed by atoms with Crippen LogP contribution in [-0.2, 0) is 9.59 Å². The average Bonchev–Trinajstić information content (AvgIpc) is 3.02. The molecule has 7 heteroatoms. The Kier molecular flexibility index (Phi) is 8.78. The maximum atomic E-state index is 14.4. The summed E-state index contributed by atoms with van der Waals surface area (Å²) in [5.41, 5.74) is 2.90. The number of nitrogens with one attached hydrogen (secondary N) is 3. The van der Waals surface area contributed by atoms with E-state index < -0.39 is 0 Å². The van der Waals surface area contributed by atoms with Gasteiger partial charge in [-0.1, -0.05) is 66.7 Å². The van der Waals surface area contributed by atoms with Gasteiger partial charge >= 0.3 is 0 Å². The summed E-state index contributed by atoms with van der Waals surface area (Å²) in [6.07, 6.45) is 11.7. The monoisotopic (exact) mass is 673 g/mol. The normalized spacial score (nSPS) is 37.8. The lowest BCUT2D eigenvalue weighted by molar-refractivity contribution is -0.179. The number of methoxy groups -OCH3 is 1. The fourth-order valence-electron chi connectivity index (χ4n) is 12.0. The molecular weight excluding hydrogens is 615 g/mol. The molecule has 3 N–H and O–H groups in total. The van der Waals surface area contributed by atoms with Crippen LogP contribution < -0.4 is 20.7 Å². The molecule has 5 aliphatic rings. The zero-order valence-corrected chi connectivity index (χ0v) is 31.6. The van der Waals surface area contributed by atoms with Gasteiger partial charge in [0.15, 0.2) is 10.9 Å². The number of ether oxygens (including phenoxy) is 1. The van der Waals surface area contributed by atoms with Crippen molar-refractivity contribution in [1.82, 2.24) is 10.6 Å². The Morgan fingerprint density at radius 2 is 1.60 bits per heavy atom. The van der Waals surface area contributed by atoms with E-state index in [9.17, 15) is 9.59 Å². The number of allylic oxidation sites excluding steroid dienone is 3. The van der Waals surface area contributed by atoms with Crippen LogP contribution in [0, 0.1) is 50.2 Å². The highest BCUT2D eigenvalue weighted by Gasteiger charge is 2.69. The van der Waals surface area contributed by atoms with Crippen molar-refractivity contribution in [3.8, 4) is 5.75 Å². The zero-order chi connectivity index (χ0) is 34.9. The fraction of sp³-hybridized carbons (Fsp3) is 0.683. The van der Waals surface area contributed by atoms with E-state index in [1.165, 1.54) is 0 Å². The predicted octanol–water partition coefficient (Wildman–Crippen LogP) is 8.63. The molecule has 4 saturated carbocycles. The van der Waals surface area contributed by atoms with E-state index in [-0.39, 0.29) is 50.1 Å². The molecule has 6 rings (SSSR count). The number of fused-ring (bicyclic) bond motifs is 7. The van der Waals surface area contributed by atoms with Crippen LogP contribution in [0.5, 0.6) is 5.75 Å². The van der Waals surface area contributed by atoms with Crippen LogP contribution in [0.4, 0.5) is 5.69 Å². The number of carbonyl (C=O) groups is 2. The van der Waals surface area contributed by atoms with E-state index >= 15 is 0 Å². The summed E-state index contributed by atoms with van der Waals surface area (Å²) in [6.45, 7) is 22.2. The minimum absolute atomic E-state index is 0.0273. The molecule has 262 valence electrons. The van der Waals surface area contributed by atoms with Crippen LogP contribution in [0.3, 0.4) is 0 Å². The first-order valence-electron chi connectivity index (χ1n) is 18.3. The molecule has 4 fully saturated rings. The summed E-state index contributed by atoms with van der Waals surface area (Å²) in [4.78, 5) is 27.8. The van der Waals surface area contributed by atoms with E-state index in [1.54, 1.807) is 12.7 Å². The second-order valence-corrected chi connectivity index (χ2v) is 18.5. The van der Waals surface area contributed by atoms with Crippen molar-refractivity contribution >= 4 is 34.7 Å². The number of hydrogen-bond acceptors (Lipinski definition) is 4. The minimum Gasteiger partial charge on any atom is -0.497 e. The maximum absolute atomic E-state index is 14.4. The number of Topliss-reactive ketones (excluding diaryl/α,β-unsaturated/α-hetero) is 1. The molecule has 48 heavy (non-hydrogen) atoms. The molecule has 5 aliphatic carbocycles. The van der Waals surface area contributed by atoms with Crippen LogP contribution >= 0.6 is 12.2 Å². The maximum Gasteiger partial charge on any atom is 0.226 e. The van der Waals surface area contributed by atoms with Gasteiger partial charge in [0.2, 0.25) is 5.91 Å². The number of anilines is 1. The minimum atomic E-state index is -0.374. The van der Waals surface area contributed by atoms with E-state index in [1.807, 2.05) is 24.3 Å². The van der Waals surface area contributed by atoms with Crippen molar-refractivity contribution in [2.45, 2.75) is 106 Å². The van der Waals surface area contributed by atoms with Gasteiger partial charge in [0, 0.05) is 24.2 Å². The van der Waals surface area contributed by atoms with Crippen molar-refractivity contribution in [3.63, 3.8) is 0 Å². The number of thiocarbonyl (C=S) groups is 1. The summed E-state index contributed by atoms with van der Waals surface area (Å²) in [7, 11) is 1.65. The first-order chi connectivity index (χ1) is 22.4. The van der Waals surface area contributed by atoms with Crippen LogP contribution in [0.25, 0.3) is 0 Å². The molecule has 7 unspecified atom stereocenters. The molecule has 0 spiro atoms. The van der Waals surface area contributed by atoms with Gasteiger partial charge in [0.25, 0.3) is 0 Å². The first-order valence-corrected chi connectivity index (χ1v) is 18.7. The number of carbonyl (C=O) groups excluding carboxylic acids is 2. The third kappa shape index (κ3) is 5.36. The van der Waals surface area contributed by atoms with Crippen LogP contribution in [-0.4, -0.2) is 37.0 Å². The van der Waals surface area contributed by atoms with Crippen molar-refractivity contribution in [2.24, 2.45) is 50.2 Å². The summed E-state index contributed by atoms with van der Waals surface area (Å²) >= 11 is 5.52. The Labute approximate surface area is 294 Å². The molecule has 1 aromatic rings. The second kappa shape index (κ2) is 12.0. The molecule has 0 bridgehead atoms. The Morgan fingerprint density at radius 1 is 0.938 bits per heavy atom. The lowest BCUT2D eigenvalue weighted by Crippen LogP contribution is -2.65. The third-order valence-electron chi connectivity index (χ3n) is 14.8. The van der Waals surface area contributed by atoms with E-state index in [2.05, 4.69) is 77.1 Å². The summed E-state index contributed by atoms with van der Waals surface area (Å²) in [6, 6.07) is 7.64. The van der Waals surface area contributed by atoms with Gasteiger partial charge in [-0.2, -0.15) is 0 Å². The van der Waals surface area contributed by atoms with Gasteiger partial charge in [0.1, 0.15) is 5.75 Å². The lowest BCUT2D eigenvalue weighted by atomic mass is 9.33. The Bertz CT molecular complexity index is 1530. The van der Waals surface area contributed by atoms with Gasteiger partial charge in [-0.05, 0) is 139 Å². The van der Waals surface area contributed by atoms with Gasteiger partial charge in [-0.3, -0.25) is 9.59 Å². The highest BCUT2D eigenvalue weighted by atomic mass is 32.1. The van der Waals surface area contributed by atoms with E-state index in [0.29, 0.717) is 30.0 Å². The Balaban J connectivity index is 1.20. The highest BCUT2D eigenvalue weighted by Crippen LogP contribution is 2.75. The van der Waals surface area contributed by atoms with E-state index in [0.717, 1.165) is 74.8 Å². The second-order valence-electron chi connectivity index (χ2n) is 18.1. The van der Waals surface area contributed by atoms with Crippen molar-refractivity contribution in [2.75, 3.05) is 25.5 Å². The first kappa shape index (κ1) is 35.2. The molecule has 0 radical (unpaired) electrons. The molecule has 7 atom stereocenters. The molecule has 1 amide bonds. The molecule has 0 heterocycles. The number of rotatable bonds is 6. The molecule has 1 aromatic carbocycles. The van der Waals surface area contributed by atoms with Crippen LogP contribution in [0.15, 0.2) is 48.1 Å². The molecule has 0 aromatic heterocycles. The molecule has 0 saturated heterocycles. The number of ketones is 1. The largest absolute Gasteiger partial charge is 0.497 e. The van der Waals surface area contributed by atoms with Crippen molar-refractivity contribution in [3.05, 3.63) is 48.1 Å².